The molecule has 1 fully saturated rings. The van der Waals surface area contributed by atoms with Gasteiger partial charge in [-0.3, -0.25) is 4.68 Å². The fourth-order valence-electron chi connectivity index (χ4n) is 4.95. The second-order valence-corrected chi connectivity index (χ2v) is 11.0. The van der Waals surface area contributed by atoms with Crippen LogP contribution in [0.4, 0.5) is 11.5 Å². The van der Waals surface area contributed by atoms with Gasteiger partial charge in [0.25, 0.3) is 0 Å². The fourth-order valence-corrected chi connectivity index (χ4v) is 4.95. The first-order valence-corrected chi connectivity index (χ1v) is 13.3. The molecule has 2 aromatic carbocycles. The molecular formula is C30H38N6O2. The number of nitrogens with zero attached hydrogens (tertiary/aromatic N) is 4. The van der Waals surface area contributed by atoms with E-state index in [1.165, 1.54) is 18.4 Å². The second kappa shape index (κ2) is 11.1. The Balaban J connectivity index is 1.29. The van der Waals surface area contributed by atoms with E-state index in [1.54, 1.807) is 25.6 Å². The second-order valence-electron chi connectivity index (χ2n) is 11.0. The summed E-state index contributed by atoms with van der Waals surface area (Å²) in [5.41, 5.74) is 3.34. The third-order valence-electron chi connectivity index (χ3n) is 7.08. The van der Waals surface area contributed by atoms with Gasteiger partial charge in [0.05, 0.1) is 31.1 Å². The highest BCUT2D eigenvalue weighted by Crippen LogP contribution is 2.30. The zero-order valence-electron chi connectivity index (χ0n) is 22.7. The highest BCUT2D eigenvalue weighted by molar-refractivity contribution is 5.89. The van der Waals surface area contributed by atoms with Crippen molar-refractivity contribution in [2.24, 2.45) is 0 Å². The molecule has 3 N–H and O–H groups in total. The van der Waals surface area contributed by atoms with Crippen molar-refractivity contribution in [3.8, 4) is 16.9 Å². The summed E-state index contributed by atoms with van der Waals surface area (Å²) < 4.78 is 7.49. The van der Waals surface area contributed by atoms with Crippen LogP contribution in [0.25, 0.3) is 21.9 Å². The highest BCUT2D eigenvalue weighted by atomic mass is 16.5. The minimum Gasteiger partial charge on any atom is -0.495 e. The van der Waals surface area contributed by atoms with Crippen molar-refractivity contribution in [1.29, 1.82) is 0 Å². The van der Waals surface area contributed by atoms with Crippen molar-refractivity contribution in [3.63, 3.8) is 0 Å². The lowest BCUT2D eigenvalue weighted by molar-refractivity contribution is 0.0577. The van der Waals surface area contributed by atoms with Crippen LogP contribution >= 0.6 is 0 Å². The Morgan fingerprint density at radius 2 is 1.84 bits per heavy atom. The van der Waals surface area contributed by atoms with Gasteiger partial charge in [-0.25, -0.2) is 4.98 Å². The number of hydrogen-bond acceptors (Lipinski definition) is 7. The molecule has 3 heterocycles. The van der Waals surface area contributed by atoms with E-state index in [4.69, 9.17) is 4.74 Å². The van der Waals surface area contributed by atoms with Crippen LogP contribution in [0.5, 0.6) is 5.75 Å². The molecule has 1 aliphatic rings. The Labute approximate surface area is 224 Å². The molecular weight excluding hydrogens is 476 g/mol. The van der Waals surface area contributed by atoms with Gasteiger partial charge in [0.2, 0.25) is 0 Å². The zero-order valence-corrected chi connectivity index (χ0v) is 22.7. The van der Waals surface area contributed by atoms with Crippen LogP contribution in [-0.2, 0) is 13.1 Å². The minimum atomic E-state index is -0.818. The number of aliphatic hydroxyl groups is 1. The molecule has 5 rings (SSSR count). The number of nitrogens with one attached hydrogen (secondary N) is 2. The molecule has 1 saturated heterocycles. The number of rotatable bonds is 9. The summed E-state index contributed by atoms with van der Waals surface area (Å²) in [6.07, 6.45) is 8.05. The van der Waals surface area contributed by atoms with E-state index in [-0.39, 0.29) is 0 Å². The number of aromatic nitrogens is 3. The lowest BCUT2D eigenvalue weighted by atomic mass is 10.0. The number of fused-ring (bicyclic) bond motifs is 1. The smallest absolute Gasteiger partial charge is 0.142 e. The maximum absolute atomic E-state index is 10.1. The molecule has 0 atom stereocenters. The fraction of sp³-hybridized carbons (Fsp3) is 0.400. The molecule has 0 amide bonds. The first-order valence-electron chi connectivity index (χ1n) is 13.3. The van der Waals surface area contributed by atoms with Crippen molar-refractivity contribution >= 4 is 22.3 Å². The van der Waals surface area contributed by atoms with Crippen molar-refractivity contribution < 1.29 is 9.84 Å². The van der Waals surface area contributed by atoms with Crippen LogP contribution in [0, 0.1) is 0 Å². The molecule has 2 aromatic heterocycles. The summed E-state index contributed by atoms with van der Waals surface area (Å²) in [5, 5.41) is 23.8. The Bertz CT molecular complexity index is 1390. The Kier molecular flexibility index (Phi) is 7.65. The van der Waals surface area contributed by atoms with E-state index in [0.717, 1.165) is 58.8 Å². The lowest BCUT2D eigenvalue weighted by Crippen LogP contribution is -2.40. The van der Waals surface area contributed by atoms with E-state index in [1.807, 2.05) is 18.6 Å². The number of hydrogen-bond donors (Lipinski definition) is 3. The normalized spacial score (nSPS) is 15.2. The van der Waals surface area contributed by atoms with Gasteiger partial charge in [0.15, 0.2) is 0 Å². The third kappa shape index (κ3) is 6.51. The van der Waals surface area contributed by atoms with Crippen molar-refractivity contribution in [2.45, 2.75) is 51.4 Å². The van der Waals surface area contributed by atoms with E-state index in [9.17, 15) is 5.11 Å². The van der Waals surface area contributed by atoms with Gasteiger partial charge in [0, 0.05) is 35.9 Å². The molecule has 0 spiro atoms. The number of piperidine rings is 1. The molecule has 8 nitrogen and oxygen atoms in total. The Morgan fingerprint density at radius 3 is 2.61 bits per heavy atom. The standard InChI is InChI=1S/C30H38N6O2/c1-30(2,37)20-36-19-25(18-33-36)22-6-7-23-17-32-29(15-24(23)14-22)34-27-8-5-21(13-28(27)38-4)16-31-26-9-11-35(3)12-10-26/h5-8,13-15,17-19,26,31,37H,9-12,16,20H2,1-4H3,(H,32,34). The molecule has 0 radical (unpaired) electrons. The SMILES string of the molecule is COc1cc(CNC2CCN(C)CC2)ccc1Nc1cc2cc(-c3cnn(CC(C)(C)O)c3)ccc2cn1. The number of benzene rings is 2. The lowest BCUT2D eigenvalue weighted by Gasteiger charge is -2.29. The Hall–Kier alpha value is -3.46. The third-order valence-corrected chi connectivity index (χ3v) is 7.08. The molecule has 0 saturated carbocycles. The summed E-state index contributed by atoms with van der Waals surface area (Å²) in [6.45, 7) is 7.12. The molecule has 0 bridgehead atoms. The number of likely N-dealkylation sites (tertiary alicyclic amines) is 1. The van der Waals surface area contributed by atoms with Gasteiger partial charge in [-0.05, 0) is 87.6 Å². The van der Waals surface area contributed by atoms with Gasteiger partial charge >= 0.3 is 0 Å². The summed E-state index contributed by atoms with van der Waals surface area (Å²) in [5.74, 6) is 1.55. The Morgan fingerprint density at radius 1 is 1.03 bits per heavy atom. The molecule has 0 unspecified atom stereocenters. The van der Waals surface area contributed by atoms with Gasteiger partial charge < -0.3 is 25.4 Å². The number of anilines is 2. The van der Waals surface area contributed by atoms with Crippen molar-refractivity contribution in [2.75, 3.05) is 32.6 Å². The largest absolute Gasteiger partial charge is 0.495 e. The van der Waals surface area contributed by atoms with Crippen molar-refractivity contribution in [1.82, 2.24) is 25.0 Å². The zero-order chi connectivity index (χ0) is 26.7. The maximum Gasteiger partial charge on any atom is 0.142 e. The van der Waals surface area contributed by atoms with Crippen LogP contribution in [0.2, 0.25) is 0 Å². The van der Waals surface area contributed by atoms with E-state index in [0.29, 0.717) is 12.6 Å². The number of methoxy groups -OCH3 is 1. The summed E-state index contributed by atoms with van der Waals surface area (Å²) in [4.78, 5) is 7.01. The van der Waals surface area contributed by atoms with Gasteiger partial charge in [-0.15, -0.1) is 0 Å². The van der Waals surface area contributed by atoms with Crippen LogP contribution in [0.3, 0.4) is 0 Å². The van der Waals surface area contributed by atoms with E-state index in [2.05, 4.69) is 75.1 Å². The van der Waals surface area contributed by atoms with Crippen LogP contribution < -0.4 is 15.4 Å². The predicted molar refractivity (Wildman–Crippen MR) is 153 cm³/mol. The molecule has 1 aliphatic heterocycles. The minimum absolute atomic E-state index is 0.438. The quantitative estimate of drug-likeness (QED) is 0.296. The molecule has 8 heteroatoms. The average Bonchev–Trinajstić information content (AvgIpc) is 3.35. The van der Waals surface area contributed by atoms with Crippen LogP contribution in [0.15, 0.2) is 61.1 Å². The van der Waals surface area contributed by atoms with Gasteiger partial charge in [-0.1, -0.05) is 18.2 Å². The monoisotopic (exact) mass is 514 g/mol. The molecule has 4 aromatic rings. The van der Waals surface area contributed by atoms with E-state index < -0.39 is 5.60 Å². The molecule has 200 valence electrons. The predicted octanol–water partition coefficient (Wildman–Crippen LogP) is 4.81. The number of pyridine rings is 1. The number of ether oxygens (including phenoxy) is 1. The summed E-state index contributed by atoms with van der Waals surface area (Å²) in [6, 6.07) is 15.2. The van der Waals surface area contributed by atoms with Crippen molar-refractivity contribution in [3.05, 3.63) is 66.6 Å². The van der Waals surface area contributed by atoms with Crippen LogP contribution in [-0.4, -0.2) is 63.7 Å². The first-order chi connectivity index (χ1) is 18.3. The summed E-state index contributed by atoms with van der Waals surface area (Å²) in [7, 11) is 3.89. The van der Waals surface area contributed by atoms with Gasteiger partial charge in [0.1, 0.15) is 11.6 Å². The summed E-state index contributed by atoms with van der Waals surface area (Å²) >= 11 is 0. The molecule has 0 aliphatic carbocycles. The highest BCUT2D eigenvalue weighted by Gasteiger charge is 2.17. The maximum atomic E-state index is 10.1. The van der Waals surface area contributed by atoms with E-state index >= 15 is 0 Å². The van der Waals surface area contributed by atoms with Crippen LogP contribution in [0.1, 0.15) is 32.3 Å². The van der Waals surface area contributed by atoms with Gasteiger partial charge in [-0.2, -0.15) is 5.10 Å². The molecule has 38 heavy (non-hydrogen) atoms. The topological polar surface area (TPSA) is 87.5 Å². The average molecular weight is 515 g/mol. The first kappa shape index (κ1) is 26.2.